The predicted octanol–water partition coefficient (Wildman–Crippen LogP) is 2.54. The van der Waals surface area contributed by atoms with Crippen LogP contribution in [-0.2, 0) is 12.8 Å². The number of nitrogens with one attached hydrogen (secondary N) is 1. The Hall–Kier alpha value is -0.970. The molecule has 1 heterocycles. The van der Waals surface area contributed by atoms with Gasteiger partial charge >= 0.3 is 0 Å². The van der Waals surface area contributed by atoms with Gasteiger partial charge in [0, 0.05) is 24.4 Å². The van der Waals surface area contributed by atoms with E-state index in [0.717, 1.165) is 34.4 Å². The number of likely N-dealkylation sites (N-methyl/N-ethyl adjacent to an activating group) is 1. The van der Waals surface area contributed by atoms with Crippen LogP contribution < -0.4 is 5.32 Å². The van der Waals surface area contributed by atoms with Crippen LogP contribution in [0.1, 0.15) is 15.6 Å². The van der Waals surface area contributed by atoms with E-state index in [-0.39, 0.29) is 0 Å². The van der Waals surface area contributed by atoms with E-state index in [1.165, 1.54) is 5.56 Å². The Balaban J connectivity index is 1.98. The number of rotatable bonds is 5. The molecule has 1 aromatic heterocycles. The van der Waals surface area contributed by atoms with E-state index in [1.807, 2.05) is 31.3 Å². The van der Waals surface area contributed by atoms with Crippen LogP contribution in [0.5, 0.6) is 0 Å². The van der Waals surface area contributed by atoms with Crippen molar-refractivity contribution in [3.05, 3.63) is 44.9 Å². The first kappa shape index (κ1) is 12.5. The molecule has 0 radical (unpaired) electrons. The van der Waals surface area contributed by atoms with Crippen LogP contribution in [0.4, 0.5) is 0 Å². The topological polar surface area (TPSA) is 37.8 Å². The number of benzene rings is 1. The summed E-state index contributed by atoms with van der Waals surface area (Å²) in [6.07, 6.45) is 1.77. The fraction of sp³-hybridized carbons (Fsp3) is 0.333. The summed E-state index contributed by atoms with van der Waals surface area (Å²) in [5.74, 6) is 0. The summed E-state index contributed by atoms with van der Waals surface area (Å²) < 4.78 is 0. The standard InChI is InChI=1S/C12H14ClN3S/c1-14-7-6-11-15-16-12(17-11)8-9-2-4-10(13)5-3-9/h2-5,14H,6-8H2,1H3. The Labute approximate surface area is 110 Å². The van der Waals surface area contributed by atoms with Crippen LogP contribution >= 0.6 is 22.9 Å². The Morgan fingerprint density at radius 1 is 1.18 bits per heavy atom. The van der Waals surface area contributed by atoms with Gasteiger partial charge in [-0.1, -0.05) is 23.7 Å². The fourth-order valence-electron chi connectivity index (χ4n) is 1.47. The molecule has 90 valence electrons. The van der Waals surface area contributed by atoms with Gasteiger partial charge in [0.15, 0.2) is 0 Å². The summed E-state index contributed by atoms with van der Waals surface area (Å²) in [5, 5.41) is 14.4. The maximum atomic E-state index is 5.84. The minimum atomic E-state index is 0.765. The molecule has 0 bridgehead atoms. The highest BCUT2D eigenvalue weighted by atomic mass is 35.5. The average molecular weight is 268 g/mol. The molecule has 0 fully saturated rings. The second-order valence-electron chi connectivity index (χ2n) is 3.75. The molecule has 0 amide bonds. The molecule has 0 atom stereocenters. The second kappa shape index (κ2) is 6.10. The largest absolute Gasteiger partial charge is 0.319 e. The molecular formula is C12H14ClN3S. The van der Waals surface area contributed by atoms with Crippen molar-refractivity contribution < 1.29 is 0 Å². The molecule has 0 aliphatic heterocycles. The molecule has 2 aromatic rings. The fourth-order valence-corrected chi connectivity index (χ4v) is 2.47. The SMILES string of the molecule is CNCCc1nnc(Cc2ccc(Cl)cc2)s1. The zero-order chi connectivity index (χ0) is 12.1. The van der Waals surface area contributed by atoms with Gasteiger partial charge in [0.05, 0.1) is 0 Å². The van der Waals surface area contributed by atoms with Crippen molar-refractivity contribution in [3.8, 4) is 0 Å². The van der Waals surface area contributed by atoms with E-state index in [0.29, 0.717) is 0 Å². The van der Waals surface area contributed by atoms with E-state index in [2.05, 4.69) is 15.5 Å². The molecule has 2 rings (SSSR count). The van der Waals surface area contributed by atoms with E-state index in [1.54, 1.807) is 11.3 Å². The molecule has 0 saturated carbocycles. The quantitative estimate of drug-likeness (QED) is 0.905. The molecule has 0 aliphatic carbocycles. The molecule has 3 nitrogen and oxygen atoms in total. The molecule has 0 aliphatic rings. The Kier molecular flexibility index (Phi) is 4.48. The second-order valence-corrected chi connectivity index (χ2v) is 5.33. The highest BCUT2D eigenvalue weighted by Gasteiger charge is 2.04. The molecular weight excluding hydrogens is 254 g/mol. The first-order valence-electron chi connectivity index (χ1n) is 5.48. The monoisotopic (exact) mass is 267 g/mol. The predicted molar refractivity (Wildman–Crippen MR) is 71.8 cm³/mol. The van der Waals surface area contributed by atoms with Crippen molar-refractivity contribution in [3.63, 3.8) is 0 Å². The van der Waals surface area contributed by atoms with Crippen LogP contribution in [0.15, 0.2) is 24.3 Å². The molecule has 0 unspecified atom stereocenters. The van der Waals surface area contributed by atoms with Crippen LogP contribution in [0.2, 0.25) is 5.02 Å². The van der Waals surface area contributed by atoms with Crippen molar-refractivity contribution in [1.82, 2.24) is 15.5 Å². The number of hydrogen-bond donors (Lipinski definition) is 1. The van der Waals surface area contributed by atoms with E-state index in [4.69, 9.17) is 11.6 Å². The Bertz CT molecular complexity index is 467. The van der Waals surface area contributed by atoms with Gasteiger partial charge in [-0.2, -0.15) is 0 Å². The lowest BCUT2D eigenvalue weighted by molar-refractivity contribution is 0.777. The number of halogens is 1. The molecule has 0 saturated heterocycles. The minimum absolute atomic E-state index is 0.765. The zero-order valence-electron chi connectivity index (χ0n) is 9.61. The summed E-state index contributed by atoms with van der Waals surface area (Å²) in [6.45, 7) is 0.940. The zero-order valence-corrected chi connectivity index (χ0v) is 11.2. The highest BCUT2D eigenvalue weighted by molar-refractivity contribution is 7.11. The first-order chi connectivity index (χ1) is 8.28. The van der Waals surface area contributed by atoms with Gasteiger partial charge in [0.2, 0.25) is 0 Å². The lowest BCUT2D eigenvalue weighted by atomic mass is 10.2. The van der Waals surface area contributed by atoms with E-state index < -0.39 is 0 Å². The van der Waals surface area contributed by atoms with Crippen molar-refractivity contribution in [2.75, 3.05) is 13.6 Å². The van der Waals surface area contributed by atoms with E-state index in [9.17, 15) is 0 Å². The third-order valence-corrected chi connectivity index (χ3v) is 3.60. The third kappa shape index (κ3) is 3.77. The highest BCUT2D eigenvalue weighted by Crippen LogP contribution is 2.16. The Morgan fingerprint density at radius 2 is 1.88 bits per heavy atom. The van der Waals surface area contributed by atoms with Gasteiger partial charge in [0.25, 0.3) is 0 Å². The van der Waals surface area contributed by atoms with Crippen molar-refractivity contribution in [1.29, 1.82) is 0 Å². The van der Waals surface area contributed by atoms with Crippen LogP contribution in [0, 0.1) is 0 Å². The van der Waals surface area contributed by atoms with Crippen LogP contribution in [0.25, 0.3) is 0 Å². The normalized spacial score (nSPS) is 10.7. The summed E-state index contributed by atoms with van der Waals surface area (Å²) in [5.41, 5.74) is 1.21. The van der Waals surface area contributed by atoms with Crippen molar-refractivity contribution in [2.24, 2.45) is 0 Å². The smallest absolute Gasteiger partial charge is 0.121 e. The van der Waals surface area contributed by atoms with Crippen LogP contribution in [0.3, 0.4) is 0 Å². The maximum Gasteiger partial charge on any atom is 0.121 e. The van der Waals surface area contributed by atoms with Gasteiger partial charge in [0.1, 0.15) is 10.0 Å². The lowest BCUT2D eigenvalue weighted by Gasteiger charge is -1.96. The Morgan fingerprint density at radius 3 is 2.59 bits per heavy atom. The lowest BCUT2D eigenvalue weighted by Crippen LogP contribution is -2.09. The van der Waals surface area contributed by atoms with Gasteiger partial charge in [-0.05, 0) is 24.7 Å². The summed E-state index contributed by atoms with van der Waals surface area (Å²) in [4.78, 5) is 0. The first-order valence-corrected chi connectivity index (χ1v) is 6.67. The van der Waals surface area contributed by atoms with Crippen molar-refractivity contribution in [2.45, 2.75) is 12.8 Å². The number of hydrogen-bond acceptors (Lipinski definition) is 4. The molecule has 1 N–H and O–H groups in total. The molecule has 0 spiro atoms. The van der Waals surface area contributed by atoms with Gasteiger partial charge < -0.3 is 5.32 Å². The summed E-state index contributed by atoms with van der Waals surface area (Å²) >= 11 is 7.52. The summed E-state index contributed by atoms with van der Waals surface area (Å²) in [6, 6.07) is 7.85. The van der Waals surface area contributed by atoms with Crippen molar-refractivity contribution >= 4 is 22.9 Å². The van der Waals surface area contributed by atoms with Crippen LogP contribution in [-0.4, -0.2) is 23.8 Å². The molecule has 5 heteroatoms. The molecule has 17 heavy (non-hydrogen) atoms. The number of nitrogens with zero attached hydrogens (tertiary/aromatic N) is 2. The number of aromatic nitrogens is 2. The van der Waals surface area contributed by atoms with Gasteiger partial charge in [-0.3, -0.25) is 0 Å². The third-order valence-electron chi connectivity index (χ3n) is 2.37. The van der Waals surface area contributed by atoms with E-state index >= 15 is 0 Å². The van der Waals surface area contributed by atoms with Gasteiger partial charge in [-0.15, -0.1) is 21.5 Å². The maximum absolute atomic E-state index is 5.84. The summed E-state index contributed by atoms with van der Waals surface area (Å²) in [7, 11) is 1.94. The minimum Gasteiger partial charge on any atom is -0.319 e. The molecule has 1 aromatic carbocycles. The average Bonchev–Trinajstić information content (AvgIpc) is 2.77. The van der Waals surface area contributed by atoms with Gasteiger partial charge in [-0.25, -0.2) is 0 Å².